The summed E-state index contributed by atoms with van der Waals surface area (Å²) in [5.41, 5.74) is 1.43. The van der Waals surface area contributed by atoms with E-state index in [2.05, 4.69) is 5.32 Å². The molecule has 0 heterocycles. The van der Waals surface area contributed by atoms with Crippen LogP contribution in [0.5, 0.6) is 5.75 Å². The highest BCUT2D eigenvalue weighted by molar-refractivity contribution is 6.35. The van der Waals surface area contributed by atoms with Gasteiger partial charge in [0.25, 0.3) is 0 Å². The zero-order valence-electron chi connectivity index (χ0n) is 14.6. The molecule has 1 N–H and O–H groups in total. The van der Waals surface area contributed by atoms with Crippen LogP contribution in [0.1, 0.15) is 12.5 Å². The van der Waals surface area contributed by atoms with Crippen molar-refractivity contribution < 1.29 is 14.3 Å². The third-order valence-electron chi connectivity index (χ3n) is 3.83. The molecule has 0 atom stereocenters. The summed E-state index contributed by atoms with van der Waals surface area (Å²) in [6, 6.07) is 12.3. The third-order valence-corrected chi connectivity index (χ3v) is 4.41. The number of carbonyl (C=O) groups excluding carboxylic acids is 2. The summed E-state index contributed by atoms with van der Waals surface area (Å²) in [6.45, 7) is 1.74. The van der Waals surface area contributed by atoms with E-state index in [1.807, 2.05) is 12.1 Å². The van der Waals surface area contributed by atoms with Gasteiger partial charge in [0.15, 0.2) is 0 Å². The molecule has 0 unspecified atom stereocenters. The maximum absolute atomic E-state index is 12.3. The normalized spacial score (nSPS) is 10.3. The van der Waals surface area contributed by atoms with Crippen molar-refractivity contribution in [3.63, 3.8) is 0 Å². The zero-order chi connectivity index (χ0) is 19.1. The van der Waals surface area contributed by atoms with Crippen LogP contribution >= 0.6 is 23.2 Å². The molecule has 138 valence electrons. The highest BCUT2D eigenvalue weighted by atomic mass is 35.5. The monoisotopic (exact) mass is 394 g/mol. The first-order valence-electron chi connectivity index (χ1n) is 8.03. The Bertz CT molecular complexity index is 796. The molecule has 26 heavy (non-hydrogen) atoms. The second-order valence-corrected chi connectivity index (χ2v) is 6.52. The predicted octanol–water partition coefficient (Wildman–Crippen LogP) is 4.03. The minimum atomic E-state index is -0.299. The van der Waals surface area contributed by atoms with Gasteiger partial charge in [-0.25, -0.2) is 0 Å². The largest absolute Gasteiger partial charge is 0.495 e. The van der Waals surface area contributed by atoms with Gasteiger partial charge in [0, 0.05) is 23.5 Å². The molecule has 2 aromatic carbocycles. The molecule has 0 saturated carbocycles. The summed E-state index contributed by atoms with van der Waals surface area (Å²) in [5.74, 6) is 0.0698. The van der Waals surface area contributed by atoms with Crippen molar-refractivity contribution in [3.8, 4) is 5.75 Å². The minimum absolute atomic E-state index is 0.0570. The Morgan fingerprint density at radius 3 is 2.54 bits per heavy atom. The van der Waals surface area contributed by atoms with Gasteiger partial charge in [-0.15, -0.1) is 0 Å². The van der Waals surface area contributed by atoms with Crippen molar-refractivity contribution >= 4 is 40.7 Å². The Morgan fingerprint density at radius 2 is 1.88 bits per heavy atom. The molecule has 0 aromatic heterocycles. The lowest BCUT2D eigenvalue weighted by molar-refractivity contribution is -0.132. The highest BCUT2D eigenvalue weighted by Gasteiger charge is 2.15. The highest BCUT2D eigenvalue weighted by Crippen LogP contribution is 2.23. The van der Waals surface area contributed by atoms with Gasteiger partial charge in [0.1, 0.15) is 5.75 Å². The standard InChI is InChI=1S/C19H20Cl2N2O3/c1-13(24)23(10-9-14-7-8-15(20)11-16(14)21)12-19(25)22-17-5-3-4-6-18(17)26-2/h3-8,11H,9-10,12H2,1-2H3,(H,22,25). The molecular weight excluding hydrogens is 375 g/mol. The summed E-state index contributed by atoms with van der Waals surface area (Å²) in [7, 11) is 1.53. The second kappa shape index (κ2) is 9.46. The number of halogens is 2. The Kier molecular flexibility index (Phi) is 7.30. The number of benzene rings is 2. The number of carbonyl (C=O) groups is 2. The Hall–Kier alpha value is -2.24. The van der Waals surface area contributed by atoms with Crippen LogP contribution in [0.3, 0.4) is 0 Å². The van der Waals surface area contributed by atoms with Gasteiger partial charge < -0.3 is 15.0 Å². The lowest BCUT2D eigenvalue weighted by atomic mass is 10.1. The third kappa shape index (κ3) is 5.64. The van der Waals surface area contributed by atoms with Crippen molar-refractivity contribution in [3.05, 3.63) is 58.1 Å². The van der Waals surface area contributed by atoms with Crippen LogP contribution in [0.15, 0.2) is 42.5 Å². The molecule has 7 heteroatoms. The molecule has 5 nitrogen and oxygen atoms in total. The van der Waals surface area contributed by atoms with Gasteiger partial charge in [-0.05, 0) is 36.2 Å². The minimum Gasteiger partial charge on any atom is -0.495 e. The first-order valence-corrected chi connectivity index (χ1v) is 8.78. The first kappa shape index (κ1) is 20.1. The van der Waals surface area contributed by atoms with Crippen molar-refractivity contribution in [2.45, 2.75) is 13.3 Å². The van der Waals surface area contributed by atoms with Crippen LogP contribution in [0.2, 0.25) is 10.0 Å². The van der Waals surface area contributed by atoms with Crippen LogP contribution in [-0.2, 0) is 16.0 Å². The zero-order valence-corrected chi connectivity index (χ0v) is 16.1. The summed E-state index contributed by atoms with van der Waals surface area (Å²) < 4.78 is 5.21. The SMILES string of the molecule is COc1ccccc1NC(=O)CN(CCc1ccc(Cl)cc1Cl)C(C)=O. The average Bonchev–Trinajstić information content (AvgIpc) is 2.60. The van der Waals surface area contributed by atoms with Crippen LogP contribution in [-0.4, -0.2) is 36.9 Å². The van der Waals surface area contributed by atoms with Crippen molar-refractivity contribution in [2.75, 3.05) is 25.5 Å². The van der Waals surface area contributed by atoms with Gasteiger partial charge in [0.05, 0.1) is 19.3 Å². The second-order valence-electron chi connectivity index (χ2n) is 5.67. The van der Waals surface area contributed by atoms with Crippen LogP contribution < -0.4 is 10.1 Å². The van der Waals surface area contributed by atoms with E-state index in [-0.39, 0.29) is 18.4 Å². The molecule has 0 radical (unpaired) electrons. The van der Waals surface area contributed by atoms with E-state index in [1.54, 1.807) is 30.3 Å². The number of methoxy groups -OCH3 is 1. The molecule has 0 fully saturated rings. The van der Waals surface area contributed by atoms with Gasteiger partial charge in [-0.3, -0.25) is 9.59 Å². The maximum Gasteiger partial charge on any atom is 0.244 e. The van der Waals surface area contributed by atoms with Gasteiger partial charge >= 0.3 is 0 Å². The average molecular weight is 395 g/mol. The first-order chi connectivity index (χ1) is 12.4. The molecule has 0 spiro atoms. The molecule has 0 saturated heterocycles. The smallest absolute Gasteiger partial charge is 0.244 e. The number of anilines is 1. The van der Waals surface area contributed by atoms with Crippen LogP contribution in [0, 0.1) is 0 Å². The molecule has 2 rings (SSSR count). The van der Waals surface area contributed by atoms with Crippen LogP contribution in [0.25, 0.3) is 0 Å². The number of ether oxygens (including phenoxy) is 1. The van der Waals surface area contributed by atoms with E-state index in [0.29, 0.717) is 34.4 Å². The summed E-state index contributed by atoms with van der Waals surface area (Å²) >= 11 is 12.0. The van der Waals surface area contributed by atoms with E-state index in [0.717, 1.165) is 5.56 Å². The molecule has 2 amide bonds. The Balaban J connectivity index is 1.99. The number of para-hydroxylation sites is 2. The summed E-state index contributed by atoms with van der Waals surface area (Å²) in [6.07, 6.45) is 0.525. The van der Waals surface area contributed by atoms with Crippen molar-refractivity contribution in [2.24, 2.45) is 0 Å². The predicted molar refractivity (Wildman–Crippen MR) is 104 cm³/mol. The van der Waals surface area contributed by atoms with Crippen LogP contribution in [0.4, 0.5) is 5.69 Å². The van der Waals surface area contributed by atoms with E-state index in [9.17, 15) is 9.59 Å². The van der Waals surface area contributed by atoms with Gasteiger partial charge in [0.2, 0.25) is 11.8 Å². The van der Waals surface area contributed by atoms with E-state index < -0.39 is 0 Å². The quantitative estimate of drug-likeness (QED) is 0.770. The number of hydrogen-bond donors (Lipinski definition) is 1. The van der Waals surface area contributed by atoms with E-state index in [4.69, 9.17) is 27.9 Å². The molecule has 0 aliphatic rings. The topological polar surface area (TPSA) is 58.6 Å². The fraction of sp³-hybridized carbons (Fsp3) is 0.263. The van der Waals surface area contributed by atoms with Crippen molar-refractivity contribution in [1.29, 1.82) is 0 Å². The Labute approximate surface area is 162 Å². The van der Waals surface area contributed by atoms with E-state index >= 15 is 0 Å². The summed E-state index contributed by atoms with van der Waals surface area (Å²) in [4.78, 5) is 25.7. The van der Waals surface area contributed by atoms with Gasteiger partial charge in [-0.2, -0.15) is 0 Å². The Morgan fingerprint density at radius 1 is 1.15 bits per heavy atom. The molecule has 2 aromatic rings. The number of amides is 2. The lowest BCUT2D eigenvalue weighted by Crippen LogP contribution is -2.38. The number of rotatable bonds is 7. The summed E-state index contributed by atoms with van der Waals surface area (Å²) in [5, 5.41) is 3.86. The molecule has 0 bridgehead atoms. The number of nitrogens with zero attached hydrogens (tertiary/aromatic N) is 1. The molecule has 0 aliphatic carbocycles. The van der Waals surface area contributed by atoms with Crippen molar-refractivity contribution in [1.82, 2.24) is 4.90 Å². The fourth-order valence-electron chi connectivity index (χ4n) is 2.44. The number of hydrogen-bond acceptors (Lipinski definition) is 3. The lowest BCUT2D eigenvalue weighted by Gasteiger charge is -2.21. The maximum atomic E-state index is 12.3. The van der Waals surface area contributed by atoms with E-state index in [1.165, 1.54) is 18.9 Å². The van der Waals surface area contributed by atoms with Gasteiger partial charge in [-0.1, -0.05) is 41.4 Å². The fourth-order valence-corrected chi connectivity index (χ4v) is 2.94. The number of nitrogens with one attached hydrogen (secondary N) is 1. The molecule has 0 aliphatic heterocycles. The molecular formula is C19H20Cl2N2O3.